The highest BCUT2D eigenvalue weighted by molar-refractivity contribution is 5.97. The van der Waals surface area contributed by atoms with Crippen LogP contribution >= 0.6 is 0 Å². The summed E-state index contributed by atoms with van der Waals surface area (Å²) in [6, 6.07) is 17.4. The van der Waals surface area contributed by atoms with Crippen molar-refractivity contribution >= 4 is 11.8 Å². The molecule has 182 valence electrons. The number of carbonyl (C=O) groups is 2. The van der Waals surface area contributed by atoms with Crippen LogP contribution in [0.4, 0.5) is 0 Å². The van der Waals surface area contributed by atoms with Gasteiger partial charge in [0.2, 0.25) is 5.91 Å². The van der Waals surface area contributed by atoms with E-state index in [0.717, 1.165) is 44.1 Å². The zero-order chi connectivity index (χ0) is 23.8. The van der Waals surface area contributed by atoms with Crippen molar-refractivity contribution in [2.24, 2.45) is 5.41 Å². The van der Waals surface area contributed by atoms with Gasteiger partial charge in [0.1, 0.15) is 12.4 Å². The summed E-state index contributed by atoms with van der Waals surface area (Å²) in [7, 11) is 0. The van der Waals surface area contributed by atoms with Crippen molar-refractivity contribution in [2.45, 2.75) is 44.9 Å². The average Bonchev–Trinajstić information content (AvgIpc) is 2.89. The number of para-hydroxylation sites is 1. The zero-order valence-corrected chi connectivity index (χ0v) is 20.0. The van der Waals surface area contributed by atoms with E-state index in [9.17, 15) is 14.7 Å². The molecule has 6 heteroatoms. The summed E-state index contributed by atoms with van der Waals surface area (Å²) in [5.41, 5.74) is 1.60. The minimum Gasteiger partial charge on any atom is -0.491 e. The molecule has 0 radical (unpaired) electrons. The first-order chi connectivity index (χ1) is 16.6. The number of fused-ring (bicyclic) bond motifs is 9. The Morgan fingerprint density at radius 3 is 2.41 bits per heavy atom. The molecule has 1 fully saturated rings. The lowest BCUT2D eigenvalue weighted by atomic mass is 9.75. The van der Waals surface area contributed by atoms with Gasteiger partial charge in [-0.15, -0.1) is 0 Å². The molecule has 6 nitrogen and oxygen atoms in total. The normalized spacial score (nSPS) is 19.0. The number of nitrogens with zero attached hydrogens (tertiary/aromatic N) is 2. The quantitative estimate of drug-likeness (QED) is 0.745. The van der Waals surface area contributed by atoms with Gasteiger partial charge in [-0.3, -0.25) is 9.59 Å². The lowest BCUT2D eigenvalue weighted by Crippen LogP contribution is -2.44. The number of hydrogen-bond acceptors (Lipinski definition) is 4. The molecule has 0 atom stereocenters. The second-order valence-corrected chi connectivity index (χ2v) is 9.62. The van der Waals surface area contributed by atoms with Crippen LogP contribution in [0.25, 0.3) is 0 Å². The number of rotatable bonds is 4. The smallest absolute Gasteiger partial charge is 0.257 e. The Hall–Kier alpha value is -2.86. The van der Waals surface area contributed by atoms with Crippen LogP contribution in [0.2, 0.25) is 0 Å². The van der Waals surface area contributed by atoms with Crippen LogP contribution in [0.15, 0.2) is 54.6 Å². The second-order valence-electron chi connectivity index (χ2n) is 9.62. The maximum absolute atomic E-state index is 13.2. The molecule has 2 aromatic carbocycles. The highest BCUT2D eigenvalue weighted by atomic mass is 16.5. The predicted octanol–water partition coefficient (Wildman–Crippen LogP) is 3.93. The van der Waals surface area contributed by atoms with E-state index in [0.29, 0.717) is 50.5 Å². The summed E-state index contributed by atoms with van der Waals surface area (Å²) < 4.78 is 6.04. The lowest BCUT2D eigenvalue weighted by molar-refractivity contribution is -0.131. The SMILES string of the molecule is O=C(CCc1ccccc1)N1CCCCC2(CO)CCN(CC2)C(=O)c2ccccc2OCC1. The first-order valence-electron chi connectivity index (χ1n) is 12.5. The molecular weight excluding hydrogens is 428 g/mol. The fourth-order valence-corrected chi connectivity index (χ4v) is 5.09. The molecule has 0 unspecified atom stereocenters. The van der Waals surface area contributed by atoms with Crippen molar-refractivity contribution < 1.29 is 19.4 Å². The van der Waals surface area contributed by atoms with Crippen LogP contribution in [0.1, 0.15) is 54.4 Å². The van der Waals surface area contributed by atoms with Crippen molar-refractivity contribution in [1.82, 2.24) is 9.80 Å². The number of carbonyl (C=O) groups excluding carboxylic acids is 2. The number of aliphatic hydroxyl groups excluding tert-OH is 1. The third kappa shape index (κ3) is 5.98. The van der Waals surface area contributed by atoms with E-state index in [1.807, 2.05) is 52.3 Å². The first kappa shape index (κ1) is 24.3. The van der Waals surface area contributed by atoms with Gasteiger partial charge in [0, 0.05) is 32.7 Å². The molecule has 2 bridgehead atoms. The Morgan fingerprint density at radius 1 is 0.912 bits per heavy atom. The standard InChI is InChI=1S/C28H36N2O4/c31-22-28-14-6-7-17-29(26(32)13-12-23-8-2-1-3-9-23)20-21-34-25-11-5-4-10-24(25)27(33)30(18-15-28)19-16-28/h1-5,8-11,31H,6-7,12-22H2. The second kappa shape index (κ2) is 11.5. The van der Waals surface area contributed by atoms with Crippen LogP contribution < -0.4 is 4.74 Å². The van der Waals surface area contributed by atoms with E-state index in [4.69, 9.17) is 4.74 Å². The molecule has 2 aromatic rings. The van der Waals surface area contributed by atoms with Gasteiger partial charge in [-0.25, -0.2) is 0 Å². The summed E-state index contributed by atoms with van der Waals surface area (Å²) in [6.45, 7) is 2.97. The maximum Gasteiger partial charge on any atom is 0.257 e. The van der Waals surface area contributed by atoms with Gasteiger partial charge in [-0.1, -0.05) is 48.9 Å². The third-order valence-corrected chi connectivity index (χ3v) is 7.39. The van der Waals surface area contributed by atoms with Crippen molar-refractivity contribution in [3.05, 3.63) is 65.7 Å². The van der Waals surface area contributed by atoms with Crippen LogP contribution in [-0.4, -0.2) is 66.1 Å². The molecule has 1 N–H and O–H groups in total. The Bertz CT molecular complexity index is 954. The van der Waals surface area contributed by atoms with E-state index in [-0.39, 0.29) is 23.8 Å². The molecule has 5 rings (SSSR count). The summed E-state index contributed by atoms with van der Waals surface area (Å²) in [5.74, 6) is 0.677. The number of hydrogen-bond donors (Lipinski definition) is 1. The molecule has 3 aliphatic heterocycles. The van der Waals surface area contributed by atoms with E-state index in [1.165, 1.54) is 0 Å². The van der Waals surface area contributed by atoms with Crippen molar-refractivity contribution in [1.29, 1.82) is 0 Å². The number of aryl methyl sites for hydroxylation is 1. The Labute approximate surface area is 202 Å². The topological polar surface area (TPSA) is 70.1 Å². The Kier molecular flexibility index (Phi) is 8.22. The van der Waals surface area contributed by atoms with Gasteiger partial charge < -0.3 is 19.6 Å². The predicted molar refractivity (Wildman–Crippen MR) is 132 cm³/mol. The largest absolute Gasteiger partial charge is 0.491 e. The molecule has 34 heavy (non-hydrogen) atoms. The molecule has 3 heterocycles. The first-order valence-corrected chi connectivity index (χ1v) is 12.5. The zero-order valence-electron chi connectivity index (χ0n) is 20.0. The summed E-state index contributed by atoms with van der Waals surface area (Å²) >= 11 is 0. The summed E-state index contributed by atoms with van der Waals surface area (Å²) in [5, 5.41) is 10.2. The molecule has 1 saturated heterocycles. The highest BCUT2D eigenvalue weighted by Gasteiger charge is 2.36. The molecule has 2 amide bonds. The van der Waals surface area contributed by atoms with Gasteiger partial charge in [0.05, 0.1) is 12.1 Å². The average molecular weight is 465 g/mol. The summed E-state index contributed by atoms with van der Waals surface area (Å²) in [4.78, 5) is 30.1. The Balaban J connectivity index is 1.48. The van der Waals surface area contributed by atoms with Gasteiger partial charge >= 0.3 is 0 Å². The number of benzene rings is 2. The number of aliphatic hydroxyl groups is 1. The molecule has 0 aliphatic carbocycles. The van der Waals surface area contributed by atoms with Gasteiger partial charge in [0.25, 0.3) is 5.91 Å². The van der Waals surface area contributed by atoms with Crippen LogP contribution in [0.5, 0.6) is 5.75 Å². The van der Waals surface area contributed by atoms with Gasteiger partial charge in [0.15, 0.2) is 0 Å². The summed E-state index contributed by atoms with van der Waals surface area (Å²) in [6.07, 6.45) is 5.57. The minimum atomic E-state index is -0.130. The number of ether oxygens (including phenoxy) is 1. The van der Waals surface area contributed by atoms with E-state index >= 15 is 0 Å². The highest BCUT2D eigenvalue weighted by Crippen LogP contribution is 2.37. The fraction of sp³-hybridized carbons (Fsp3) is 0.500. The van der Waals surface area contributed by atoms with Crippen molar-refractivity contribution in [3.8, 4) is 5.75 Å². The van der Waals surface area contributed by atoms with Crippen LogP contribution in [0, 0.1) is 5.41 Å². The van der Waals surface area contributed by atoms with Crippen LogP contribution in [-0.2, 0) is 11.2 Å². The van der Waals surface area contributed by atoms with E-state index in [2.05, 4.69) is 12.1 Å². The molecule has 0 saturated carbocycles. The van der Waals surface area contributed by atoms with E-state index < -0.39 is 0 Å². The van der Waals surface area contributed by atoms with E-state index in [1.54, 1.807) is 0 Å². The molecular formula is C28H36N2O4. The monoisotopic (exact) mass is 464 g/mol. The lowest BCUT2D eigenvalue weighted by Gasteiger charge is -2.41. The van der Waals surface area contributed by atoms with Crippen molar-refractivity contribution in [2.75, 3.05) is 39.4 Å². The number of amides is 2. The van der Waals surface area contributed by atoms with Crippen molar-refractivity contribution in [3.63, 3.8) is 0 Å². The number of piperidine rings is 1. The fourth-order valence-electron chi connectivity index (χ4n) is 5.09. The third-order valence-electron chi connectivity index (χ3n) is 7.39. The minimum absolute atomic E-state index is 0.0206. The van der Waals surface area contributed by atoms with Gasteiger partial charge in [-0.2, -0.15) is 0 Å². The Morgan fingerprint density at radius 2 is 1.65 bits per heavy atom. The van der Waals surface area contributed by atoms with Gasteiger partial charge in [-0.05, 0) is 55.2 Å². The molecule has 0 spiro atoms. The van der Waals surface area contributed by atoms with Crippen LogP contribution in [0.3, 0.4) is 0 Å². The maximum atomic E-state index is 13.2. The molecule has 3 aliphatic rings. The molecule has 0 aromatic heterocycles.